The van der Waals surface area contributed by atoms with Crippen LogP contribution in [0.1, 0.15) is 27.7 Å². The van der Waals surface area contributed by atoms with E-state index in [1.54, 1.807) is 0 Å². The van der Waals surface area contributed by atoms with Gasteiger partial charge in [0.25, 0.3) is 0 Å². The average molecular weight is 154 g/mol. The Bertz CT molecular complexity index is 182. The summed E-state index contributed by atoms with van der Waals surface area (Å²) in [6.45, 7) is 8.88. The van der Waals surface area contributed by atoms with E-state index in [9.17, 15) is 0 Å². The minimum atomic E-state index is 0.514. The van der Waals surface area contributed by atoms with Crippen molar-refractivity contribution in [1.82, 2.24) is 10.4 Å². The highest BCUT2D eigenvalue weighted by molar-refractivity contribution is 5.22. The SMILES string of the molecule is CC1=C(C(C)C)C(C)NN1C. The Morgan fingerprint density at radius 2 is 2.00 bits per heavy atom. The Hall–Kier alpha value is -0.500. The summed E-state index contributed by atoms with van der Waals surface area (Å²) in [5.41, 5.74) is 6.27. The van der Waals surface area contributed by atoms with Crippen molar-refractivity contribution >= 4 is 0 Å². The third-order valence-electron chi connectivity index (χ3n) is 2.40. The lowest BCUT2D eigenvalue weighted by Crippen LogP contribution is -2.32. The van der Waals surface area contributed by atoms with Crippen molar-refractivity contribution in [2.75, 3.05) is 7.05 Å². The molecule has 1 unspecified atom stereocenters. The second-order valence-electron chi connectivity index (χ2n) is 3.61. The molecule has 1 N–H and O–H groups in total. The first-order valence-corrected chi connectivity index (χ1v) is 4.24. The molecule has 0 radical (unpaired) electrons. The van der Waals surface area contributed by atoms with Crippen LogP contribution in [0, 0.1) is 5.92 Å². The molecule has 0 saturated heterocycles. The van der Waals surface area contributed by atoms with Crippen LogP contribution in [0.3, 0.4) is 0 Å². The van der Waals surface area contributed by atoms with Crippen molar-refractivity contribution in [3.63, 3.8) is 0 Å². The van der Waals surface area contributed by atoms with Crippen LogP contribution < -0.4 is 5.43 Å². The zero-order chi connectivity index (χ0) is 8.59. The Morgan fingerprint density at radius 1 is 1.45 bits per heavy atom. The molecular formula is C9H18N2. The van der Waals surface area contributed by atoms with Gasteiger partial charge >= 0.3 is 0 Å². The van der Waals surface area contributed by atoms with E-state index in [1.807, 2.05) is 0 Å². The van der Waals surface area contributed by atoms with Crippen molar-refractivity contribution in [3.8, 4) is 0 Å². The van der Waals surface area contributed by atoms with Crippen LogP contribution in [0.2, 0.25) is 0 Å². The molecule has 0 saturated carbocycles. The molecule has 0 aromatic heterocycles. The summed E-state index contributed by atoms with van der Waals surface area (Å²) in [6, 6.07) is 0.514. The molecule has 0 spiro atoms. The lowest BCUT2D eigenvalue weighted by molar-refractivity contribution is 0.315. The predicted octanol–water partition coefficient (Wildman–Crippen LogP) is 1.75. The molecule has 1 rings (SSSR count). The fourth-order valence-corrected chi connectivity index (χ4v) is 1.88. The Morgan fingerprint density at radius 3 is 2.18 bits per heavy atom. The molecule has 1 aliphatic rings. The van der Waals surface area contributed by atoms with Crippen molar-refractivity contribution in [1.29, 1.82) is 0 Å². The van der Waals surface area contributed by atoms with E-state index in [-0.39, 0.29) is 0 Å². The summed E-state index contributed by atoms with van der Waals surface area (Å²) in [4.78, 5) is 0. The van der Waals surface area contributed by atoms with E-state index in [0.717, 1.165) is 0 Å². The Balaban J connectivity index is 2.88. The molecule has 0 aromatic rings. The molecule has 0 amide bonds. The molecule has 2 nitrogen and oxygen atoms in total. The quantitative estimate of drug-likeness (QED) is 0.619. The average Bonchev–Trinajstić information content (AvgIpc) is 2.07. The molecular weight excluding hydrogens is 136 g/mol. The van der Waals surface area contributed by atoms with Crippen molar-refractivity contribution in [2.24, 2.45) is 5.92 Å². The molecule has 2 heteroatoms. The van der Waals surface area contributed by atoms with Gasteiger partial charge in [-0.25, -0.2) is 5.43 Å². The lowest BCUT2D eigenvalue weighted by atomic mass is 9.97. The zero-order valence-corrected chi connectivity index (χ0v) is 8.10. The molecule has 1 atom stereocenters. The number of hydrazine groups is 1. The number of hydrogen-bond acceptors (Lipinski definition) is 2. The van der Waals surface area contributed by atoms with E-state index < -0.39 is 0 Å². The van der Waals surface area contributed by atoms with Crippen molar-refractivity contribution in [3.05, 3.63) is 11.3 Å². The van der Waals surface area contributed by atoms with E-state index >= 15 is 0 Å². The summed E-state index contributed by atoms with van der Waals surface area (Å²) in [6.07, 6.45) is 0. The van der Waals surface area contributed by atoms with Crippen LogP contribution in [-0.2, 0) is 0 Å². The lowest BCUT2D eigenvalue weighted by Gasteiger charge is -2.13. The Labute approximate surface area is 69.2 Å². The second-order valence-corrected chi connectivity index (χ2v) is 3.61. The monoisotopic (exact) mass is 154 g/mol. The molecule has 0 bridgehead atoms. The van der Waals surface area contributed by atoms with Crippen LogP contribution in [-0.4, -0.2) is 18.1 Å². The van der Waals surface area contributed by atoms with Gasteiger partial charge in [0.1, 0.15) is 0 Å². The van der Waals surface area contributed by atoms with Crippen LogP contribution in [0.5, 0.6) is 0 Å². The van der Waals surface area contributed by atoms with Gasteiger partial charge in [-0.15, -0.1) is 0 Å². The molecule has 11 heavy (non-hydrogen) atoms. The fraction of sp³-hybridized carbons (Fsp3) is 0.778. The third kappa shape index (κ3) is 1.41. The van der Waals surface area contributed by atoms with Gasteiger partial charge in [-0.2, -0.15) is 0 Å². The predicted molar refractivity (Wildman–Crippen MR) is 47.9 cm³/mol. The number of nitrogens with zero attached hydrogens (tertiary/aromatic N) is 1. The van der Waals surface area contributed by atoms with E-state index in [1.165, 1.54) is 11.3 Å². The van der Waals surface area contributed by atoms with Crippen molar-refractivity contribution in [2.45, 2.75) is 33.7 Å². The van der Waals surface area contributed by atoms with Crippen LogP contribution in [0.25, 0.3) is 0 Å². The first-order chi connectivity index (χ1) is 5.04. The molecule has 0 fully saturated rings. The largest absolute Gasteiger partial charge is 0.315 e. The maximum absolute atomic E-state index is 3.36. The van der Waals surface area contributed by atoms with Gasteiger partial charge in [0.05, 0.1) is 0 Å². The zero-order valence-electron chi connectivity index (χ0n) is 8.10. The highest BCUT2D eigenvalue weighted by Crippen LogP contribution is 2.24. The van der Waals surface area contributed by atoms with E-state index in [0.29, 0.717) is 12.0 Å². The normalized spacial score (nSPS) is 25.6. The summed E-state index contributed by atoms with van der Waals surface area (Å²) in [7, 11) is 2.07. The van der Waals surface area contributed by atoms with Gasteiger partial charge in [-0.1, -0.05) is 13.8 Å². The molecule has 1 aliphatic heterocycles. The van der Waals surface area contributed by atoms with Gasteiger partial charge in [0, 0.05) is 18.8 Å². The molecule has 1 heterocycles. The third-order valence-corrected chi connectivity index (χ3v) is 2.40. The Kier molecular flexibility index (Phi) is 2.23. The standard InChI is InChI=1S/C9H18N2/c1-6(2)9-7(3)10-11(5)8(9)4/h6-7,10H,1-5H3. The van der Waals surface area contributed by atoms with Gasteiger partial charge in [-0.05, 0) is 25.3 Å². The smallest absolute Gasteiger partial charge is 0.0466 e. The number of nitrogens with one attached hydrogen (secondary N) is 1. The second kappa shape index (κ2) is 2.86. The first-order valence-electron chi connectivity index (χ1n) is 4.24. The minimum absolute atomic E-state index is 0.514. The highest BCUT2D eigenvalue weighted by Gasteiger charge is 2.24. The summed E-state index contributed by atoms with van der Waals surface area (Å²) in [5, 5.41) is 2.11. The summed E-state index contributed by atoms with van der Waals surface area (Å²) < 4.78 is 0. The van der Waals surface area contributed by atoms with Gasteiger partial charge in [0.2, 0.25) is 0 Å². The van der Waals surface area contributed by atoms with E-state index in [4.69, 9.17) is 0 Å². The number of hydrogen-bond donors (Lipinski definition) is 1. The van der Waals surface area contributed by atoms with Gasteiger partial charge < -0.3 is 5.01 Å². The summed E-state index contributed by atoms with van der Waals surface area (Å²) >= 11 is 0. The highest BCUT2D eigenvalue weighted by atomic mass is 15.5. The topological polar surface area (TPSA) is 15.3 Å². The maximum Gasteiger partial charge on any atom is 0.0466 e. The fourth-order valence-electron chi connectivity index (χ4n) is 1.88. The van der Waals surface area contributed by atoms with Crippen LogP contribution in [0.15, 0.2) is 11.3 Å². The molecule has 0 aromatic carbocycles. The van der Waals surface area contributed by atoms with Crippen LogP contribution in [0.4, 0.5) is 0 Å². The summed E-state index contributed by atoms with van der Waals surface area (Å²) in [5.74, 6) is 0.655. The molecule has 0 aliphatic carbocycles. The van der Waals surface area contributed by atoms with Crippen molar-refractivity contribution < 1.29 is 0 Å². The van der Waals surface area contributed by atoms with Gasteiger partial charge in [0.15, 0.2) is 0 Å². The minimum Gasteiger partial charge on any atom is -0.315 e. The van der Waals surface area contributed by atoms with E-state index in [2.05, 4.69) is 45.2 Å². The van der Waals surface area contributed by atoms with Crippen LogP contribution >= 0.6 is 0 Å². The number of rotatable bonds is 1. The molecule has 64 valence electrons. The number of allylic oxidation sites excluding steroid dienone is 1. The first kappa shape index (κ1) is 8.60. The van der Waals surface area contributed by atoms with Gasteiger partial charge in [-0.3, -0.25) is 0 Å². The maximum atomic E-state index is 3.36.